The van der Waals surface area contributed by atoms with Crippen molar-refractivity contribution in [1.82, 2.24) is 29.7 Å². The lowest BCUT2D eigenvalue weighted by Crippen LogP contribution is -2.45. The summed E-state index contributed by atoms with van der Waals surface area (Å²) in [7, 11) is 4.01. The summed E-state index contributed by atoms with van der Waals surface area (Å²) in [5.74, 6) is 1.65. The standard InChI is InChI=1S/C29H42N8O3/c1-29-10-9-22(37-15-13-35(2)14-16-37)23(18-29)40-17-6-4-5-8-24(38)36(3)12-7-11-30-26-25-21(19-33-29)28(39)34-27(25)32-20-31-26/h9,18-20,39H,4-8,10-17H2,1-3H3,(H2,30,31,32,34). The number of anilines is 1. The Hall–Kier alpha value is -3.60. The van der Waals surface area contributed by atoms with Gasteiger partial charge in [0.1, 0.15) is 23.6 Å². The van der Waals surface area contributed by atoms with E-state index >= 15 is 0 Å². The molecular weight excluding hydrogens is 508 g/mol. The maximum Gasteiger partial charge on any atom is 0.222 e. The molecule has 5 rings (SSSR count). The number of amides is 1. The monoisotopic (exact) mass is 550 g/mol. The first-order valence-electron chi connectivity index (χ1n) is 14.4. The van der Waals surface area contributed by atoms with Crippen LogP contribution >= 0.6 is 0 Å². The molecule has 3 aliphatic rings. The van der Waals surface area contributed by atoms with Gasteiger partial charge in [-0.3, -0.25) is 9.79 Å². The maximum absolute atomic E-state index is 12.6. The lowest BCUT2D eigenvalue weighted by Gasteiger charge is -2.38. The number of carbonyl (C=O) groups is 1. The Balaban J connectivity index is 1.45. The highest BCUT2D eigenvalue weighted by molar-refractivity contribution is 6.05. The van der Waals surface area contributed by atoms with E-state index in [1.165, 1.54) is 6.33 Å². The summed E-state index contributed by atoms with van der Waals surface area (Å²) >= 11 is 0. The van der Waals surface area contributed by atoms with Gasteiger partial charge in [-0.05, 0) is 52.2 Å². The topological polar surface area (TPSA) is 122 Å². The van der Waals surface area contributed by atoms with Crippen molar-refractivity contribution in [2.24, 2.45) is 4.99 Å². The number of nitrogens with zero attached hydrogens (tertiary/aromatic N) is 6. The number of aliphatic imine (C=N–C) groups is 1. The van der Waals surface area contributed by atoms with Gasteiger partial charge in [-0.1, -0.05) is 6.08 Å². The Kier molecular flexibility index (Phi) is 8.58. The molecule has 0 saturated carbocycles. The minimum absolute atomic E-state index is 0.00306. The summed E-state index contributed by atoms with van der Waals surface area (Å²) in [5.41, 5.74) is 1.68. The van der Waals surface area contributed by atoms with E-state index in [9.17, 15) is 9.90 Å². The van der Waals surface area contributed by atoms with Crippen molar-refractivity contribution in [3.8, 4) is 5.88 Å². The van der Waals surface area contributed by atoms with Gasteiger partial charge in [0.2, 0.25) is 5.91 Å². The van der Waals surface area contributed by atoms with Gasteiger partial charge >= 0.3 is 0 Å². The number of piperazine rings is 1. The second-order valence-corrected chi connectivity index (χ2v) is 11.3. The van der Waals surface area contributed by atoms with E-state index < -0.39 is 5.54 Å². The number of rotatable bonds is 1. The number of likely N-dealkylation sites (N-methyl/N-ethyl adjacent to an activating group) is 1. The molecule has 216 valence electrons. The molecule has 0 aromatic carbocycles. The van der Waals surface area contributed by atoms with Crippen molar-refractivity contribution in [3.05, 3.63) is 35.5 Å². The van der Waals surface area contributed by atoms with E-state index in [1.54, 1.807) is 11.1 Å². The quantitative estimate of drug-likeness (QED) is 0.495. The normalized spacial score (nSPS) is 24.2. The molecule has 1 amide bonds. The van der Waals surface area contributed by atoms with Crippen LogP contribution in [0.2, 0.25) is 0 Å². The molecule has 11 heteroatoms. The highest BCUT2D eigenvalue weighted by Gasteiger charge is 2.30. The van der Waals surface area contributed by atoms with E-state index in [-0.39, 0.29) is 11.8 Å². The van der Waals surface area contributed by atoms with Gasteiger partial charge in [0.25, 0.3) is 0 Å². The van der Waals surface area contributed by atoms with E-state index in [0.717, 1.165) is 69.7 Å². The van der Waals surface area contributed by atoms with Crippen LogP contribution in [0.1, 0.15) is 51.0 Å². The Morgan fingerprint density at radius 2 is 1.88 bits per heavy atom. The summed E-state index contributed by atoms with van der Waals surface area (Å²) in [4.78, 5) is 35.8. The molecule has 0 radical (unpaired) electrons. The number of fused-ring (bicyclic) bond motifs is 1. The predicted octanol–water partition coefficient (Wildman–Crippen LogP) is 3.11. The second-order valence-electron chi connectivity index (χ2n) is 11.3. The maximum atomic E-state index is 12.6. The third-order valence-corrected chi connectivity index (χ3v) is 8.03. The van der Waals surface area contributed by atoms with Crippen LogP contribution in [-0.4, -0.2) is 112 Å². The smallest absolute Gasteiger partial charge is 0.222 e. The van der Waals surface area contributed by atoms with Gasteiger partial charge in [0, 0.05) is 59.0 Å². The zero-order chi connectivity index (χ0) is 28.1. The number of hydrogen-bond donors (Lipinski definition) is 3. The molecular formula is C29H42N8O3. The molecule has 0 spiro atoms. The zero-order valence-corrected chi connectivity index (χ0v) is 23.9. The number of nitrogens with one attached hydrogen (secondary N) is 2. The van der Waals surface area contributed by atoms with Gasteiger partial charge in [-0.15, -0.1) is 0 Å². The van der Waals surface area contributed by atoms with Crippen molar-refractivity contribution in [3.63, 3.8) is 0 Å². The number of carbonyl (C=O) groups excluding carboxylic acids is 1. The fraction of sp³-hybridized carbons (Fsp3) is 0.586. The number of aromatic hydroxyl groups is 1. The first-order valence-corrected chi connectivity index (χ1v) is 14.4. The highest BCUT2D eigenvalue weighted by atomic mass is 16.5. The van der Waals surface area contributed by atoms with Crippen LogP contribution in [0.4, 0.5) is 5.82 Å². The Bertz CT molecular complexity index is 1290. The largest absolute Gasteiger partial charge is 0.494 e. The summed E-state index contributed by atoms with van der Waals surface area (Å²) in [6.07, 6.45) is 12.3. The van der Waals surface area contributed by atoms with Gasteiger partial charge < -0.3 is 34.8 Å². The number of hydrogen-bond acceptors (Lipinski definition) is 9. The van der Waals surface area contributed by atoms with Gasteiger partial charge in [0.05, 0.1) is 28.8 Å². The average molecular weight is 551 g/mol. The molecule has 40 heavy (non-hydrogen) atoms. The van der Waals surface area contributed by atoms with E-state index in [1.807, 2.05) is 7.05 Å². The Morgan fingerprint density at radius 3 is 2.70 bits per heavy atom. The minimum Gasteiger partial charge on any atom is -0.494 e. The van der Waals surface area contributed by atoms with Crippen molar-refractivity contribution in [2.45, 2.75) is 51.0 Å². The highest BCUT2D eigenvalue weighted by Crippen LogP contribution is 2.34. The van der Waals surface area contributed by atoms with Crippen molar-refractivity contribution < 1.29 is 14.6 Å². The molecule has 1 unspecified atom stereocenters. The molecule has 3 N–H and O–H groups in total. The average Bonchev–Trinajstić information content (AvgIpc) is 3.27. The molecule has 1 atom stereocenters. The summed E-state index contributed by atoms with van der Waals surface area (Å²) in [5, 5.41) is 14.8. The van der Waals surface area contributed by atoms with E-state index in [2.05, 4.69) is 56.2 Å². The fourth-order valence-electron chi connectivity index (χ4n) is 5.44. The number of aromatic amines is 1. The van der Waals surface area contributed by atoms with E-state index in [4.69, 9.17) is 9.73 Å². The van der Waals surface area contributed by atoms with Crippen LogP contribution in [0.5, 0.6) is 5.88 Å². The Labute approximate surface area is 236 Å². The van der Waals surface area contributed by atoms with Gasteiger partial charge in [0.15, 0.2) is 5.88 Å². The summed E-state index contributed by atoms with van der Waals surface area (Å²) < 4.78 is 6.41. The molecule has 2 aromatic rings. The molecule has 4 heterocycles. The molecule has 11 nitrogen and oxygen atoms in total. The van der Waals surface area contributed by atoms with Crippen molar-refractivity contribution in [2.75, 3.05) is 65.3 Å². The van der Waals surface area contributed by atoms with Crippen molar-refractivity contribution >= 4 is 29.0 Å². The second kappa shape index (κ2) is 12.3. The third kappa shape index (κ3) is 6.41. The zero-order valence-electron chi connectivity index (χ0n) is 23.9. The molecule has 2 bridgehead atoms. The third-order valence-electron chi connectivity index (χ3n) is 8.03. The van der Waals surface area contributed by atoms with Crippen LogP contribution in [0.25, 0.3) is 11.0 Å². The summed E-state index contributed by atoms with van der Waals surface area (Å²) in [6.45, 7) is 7.91. The van der Waals surface area contributed by atoms with Crippen LogP contribution in [0.15, 0.2) is 34.9 Å². The number of aromatic nitrogens is 3. The Morgan fingerprint density at radius 1 is 1.05 bits per heavy atom. The van der Waals surface area contributed by atoms with Crippen LogP contribution < -0.4 is 5.32 Å². The lowest BCUT2D eigenvalue weighted by molar-refractivity contribution is -0.130. The first-order chi connectivity index (χ1) is 19.3. The minimum atomic E-state index is -0.539. The predicted molar refractivity (Wildman–Crippen MR) is 157 cm³/mol. The van der Waals surface area contributed by atoms with Crippen LogP contribution in [0, 0.1) is 0 Å². The lowest BCUT2D eigenvalue weighted by atomic mass is 9.91. The molecule has 2 aliphatic heterocycles. The molecule has 1 fully saturated rings. The summed E-state index contributed by atoms with van der Waals surface area (Å²) in [6, 6.07) is 0. The fourth-order valence-corrected chi connectivity index (χ4v) is 5.44. The number of H-pyrrole nitrogens is 1. The SMILES string of the molecule is CN1CCN(C2=CCC3(C)C=C2OCCCCCC(=O)N(C)CCCNc2ncnc4[nH]c(O)c(c24)C=N3)CC1. The van der Waals surface area contributed by atoms with Crippen LogP contribution in [-0.2, 0) is 9.53 Å². The first kappa shape index (κ1) is 27.9. The molecule has 1 saturated heterocycles. The van der Waals surface area contributed by atoms with Gasteiger partial charge in [-0.25, -0.2) is 9.97 Å². The molecule has 1 aliphatic carbocycles. The molecule has 2 aromatic heterocycles. The van der Waals surface area contributed by atoms with E-state index in [0.29, 0.717) is 48.5 Å². The van der Waals surface area contributed by atoms with Crippen molar-refractivity contribution in [1.29, 1.82) is 0 Å². The van der Waals surface area contributed by atoms with Crippen LogP contribution in [0.3, 0.4) is 0 Å². The number of ether oxygens (including phenoxy) is 1. The van der Waals surface area contributed by atoms with Gasteiger partial charge in [-0.2, -0.15) is 0 Å².